The quantitative estimate of drug-likeness (QED) is 0.106. The molecule has 0 fully saturated rings. The molecule has 7 rings (SSSR count). The Labute approximate surface area is 345 Å². The molecule has 0 unspecified atom stereocenters. The number of carboxylic acid groups (broad SMARTS) is 1. The average molecular weight is 813 g/mol. The molecule has 8 N–H and O–H groups in total. The van der Waals surface area contributed by atoms with E-state index in [2.05, 4.69) is 31.6 Å². The minimum absolute atomic E-state index is 0.0362. The Morgan fingerprint density at radius 2 is 1.02 bits per heavy atom. The van der Waals surface area contributed by atoms with Crippen molar-refractivity contribution < 1.29 is 44.1 Å². The highest BCUT2D eigenvalue weighted by Crippen LogP contribution is 2.20. The second kappa shape index (κ2) is 20.0. The first-order valence-corrected chi connectivity index (χ1v) is 19.2. The predicted octanol–water partition coefficient (Wildman–Crippen LogP) is 1.72. The van der Waals surface area contributed by atoms with Gasteiger partial charge in [0.15, 0.2) is 12.2 Å². The Morgan fingerprint density at radius 1 is 0.533 bits per heavy atom. The lowest BCUT2D eigenvalue weighted by Crippen LogP contribution is -2.60. The summed E-state index contributed by atoms with van der Waals surface area (Å²) < 4.78 is 0. The standard InChI is InChI=1S/C45H44N6O9/c52-38-39(53)44(58)50-36(25-30-10-7-21-46-26-30)41(55)49-35(23-28-13-17-32(18-14-28)31-11-5-2-6-12-31)40(54)48-34(22-27-8-3-1-4-9-27)42(56)51-37(45(59)60)24-29-15-19-33(20-16-29)47-43(38)57/h1-21,26,34-39,52-53H,22-25H2,(H,47,57)(H,48,54)(H,49,55)(H,50,58)(H,51,56)(H,59,60)/t34-,35+,36-,37+,38-,39-/m1/s1. The first-order valence-electron chi connectivity index (χ1n) is 19.2. The van der Waals surface area contributed by atoms with Gasteiger partial charge >= 0.3 is 5.97 Å². The zero-order valence-electron chi connectivity index (χ0n) is 32.2. The minimum atomic E-state index is -2.32. The Bertz CT molecular complexity index is 2280. The zero-order chi connectivity index (χ0) is 42.6. The number of hydrogen-bond donors (Lipinski definition) is 8. The number of carbonyl (C=O) groups is 6. The van der Waals surface area contributed by atoms with E-state index in [-0.39, 0.29) is 31.4 Å². The summed E-state index contributed by atoms with van der Waals surface area (Å²) in [5.41, 5.74) is 4.23. The first-order chi connectivity index (χ1) is 28.9. The lowest BCUT2D eigenvalue weighted by molar-refractivity contribution is -0.145. The van der Waals surface area contributed by atoms with Crippen LogP contribution in [0, 0.1) is 0 Å². The van der Waals surface area contributed by atoms with Crippen LogP contribution in [0.3, 0.4) is 0 Å². The average Bonchev–Trinajstić information content (AvgIpc) is 3.26. The Morgan fingerprint density at radius 3 is 1.58 bits per heavy atom. The molecule has 0 spiro atoms. The van der Waals surface area contributed by atoms with Gasteiger partial charge in [0.25, 0.3) is 11.8 Å². The van der Waals surface area contributed by atoms with Crippen LogP contribution in [0.15, 0.2) is 134 Å². The molecule has 5 amide bonds. The van der Waals surface area contributed by atoms with Crippen LogP contribution in [0.5, 0.6) is 0 Å². The number of carboxylic acids is 1. The number of fused-ring (bicyclic) bond motifs is 18. The second-order valence-corrected chi connectivity index (χ2v) is 14.4. The number of amides is 5. The maximum Gasteiger partial charge on any atom is 0.326 e. The number of aliphatic hydroxyl groups excluding tert-OH is 2. The van der Waals surface area contributed by atoms with Gasteiger partial charge in [-0.3, -0.25) is 29.0 Å². The Balaban J connectivity index is 1.38. The normalized spacial score (nSPS) is 21.9. The number of aromatic nitrogens is 1. The first kappa shape index (κ1) is 42.4. The number of aliphatic hydroxyl groups is 2. The largest absolute Gasteiger partial charge is 0.480 e. The van der Waals surface area contributed by atoms with Gasteiger partial charge in [-0.25, -0.2) is 4.79 Å². The summed E-state index contributed by atoms with van der Waals surface area (Å²) in [7, 11) is 0. The van der Waals surface area contributed by atoms with Crippen molar-refractivity contribution in [2.24, 2.45) is 0 Å². The van der Waals surface area contributed by atoms with Crippen LogP contribution in [0.2, 0.25) is 0 Å². The molecule has 4 aromatic carbocycles. The highest BCUT2D eigenvalue weighted by Gasteiger charge is 2.35. The summed E-state index contributed by atoms with van der Waals surface area (Å²) in [5, 5.41) is 44.5. The van der Waals surface area contributed by atoms with Crippen LogP contribution in [-0.2, 0) is 54.5 Å². The summed E-state index contributed by atoms with van der Waals surface area (Å²) in [6, 6.07) is 29.2. The van der Waals surface area contributed by atoms with E-state index in [1.807, 2.05) is 42.5 Å². The van der Waals surface area contributed by atoms with Crippen molar-refractivity contribution in [3.05, 3.63) is 156 Å². The highest BCUT2D eigenvalue weighted by atomic mass is 16.4. The fraction of sp³-hybridized carbons (Fsp3) is 0.222. The molecule has 0 saturated heterocycles. The van der Waals surface area contributed by atoms with Gasteiger partial charge in [-0.2, -0.15) is 0 Å². The molecular formula is C45H44N6O9. The van der Waals surface area contributed by atoms with Crippen LogP contribution in [0.4, 0.5) is 5.69 Å². The summed E-state index contributed by atoms with van der Waals surface area (Å²) in [6.07, 6.45) is -2.11. The third-order valence-electron chi connectivity index (χ3n) is 9.96. The molecule has 0 aliphatic carbocycles. The summed E-state index contributed by atoms with van der Waals surface area (Å²) >= 11 is 0. The molecule has 6 atom stereocenters. The molecule has 0 radical (unpaired) electrons. The van der Waals surface area contributed by atoms with Crippen LogP contribution in [0.1, 0.15) is 22.3 Å². The third kappa shape index (κ3) is 11.5. The molecule has 1 aromatic heterocycles. The summed E-state index contributed by atoms with van der Waals surface area (Å²) in [6.45, 7) is 0. The van der Waals surface area contributed by atoms with E-state index in [0.29, 0.717) is 22.3 Å². The fourth-order valence-electron chi connectivity index (χ4n) is 6.67. The number of aliphatic carboxylic acids is 1. The number of hydrogen-bond acceptors (Lipinski definition) is 9. The predicted molar refractivity (Wildman–Crippen MR) is 220 cm³/mol. The Hall–Kier alpha value is -7.23. The molecule has 5 aromatic rings. The molecule has 2 aliphatic rings. The number of pyridine rings is 1. The van der Waals surface area contributed by atoms with Gasteiger partial charge in [-0.05, 0) is 51.6 Å². The van der Waals surface area contributed by atoms with E-state index in [9.17, 15) is 44.1 Å². The number of carbonyl (C=O) groups excluding carboxylic acids is 5. The molecule has 308 valence electrons. The third-order valence-corrected chi connectivity index (χ3v) is 9.96. The van der Waals surface area contributed by atoms with E-state index in [4.69, 9.17) is 0 Å². The van der Waals surface area contributed by atoms with E-state index >= 15 is 0 Å². The van der Waals surface area contributed by atoms with Crippen LogP contribution in [0.25, 0.3) is 11.1 Å². The molecule has 60 heavy (non-hydrogen) atoms. The number of nitrogens with one attached hydrogen (secondary N) is 5. The number of rotatable bonds is 8. The number of benzene rings is 4. The molecular weight excluding hydrogens is 769 g/mol. The van der Waals surface area contributed by atoms with E-state index < -0.39 is 71.9 Å². The smallest absolute Gasteiger partial charge is 0.326 e. The summed E-state index contributed by atoms with van der Waals surface area (Å²) in [4.78, 5) is 85.6. The van der Waals surface area contributed by atoms with Crippen LogP contribution >= 0.6 is 0 Å². The van der Waals surface area contributed by atoms with E-state index in [1.165, 1.54) is 36.7 Å². The van der Waals surface area contributed by atoms with Crippen molar-refractivity contribution in [1.82, 2.24) is 26.3 Å². The van der Waals surface area contributed by atoms with Crippen molar-refractivity contribution in [2.75, 3.05) is 5.32 Å². The van der Waals surface area contributed by atoms with E-state index in [0.717, 1.165) is 11.1 Å². The van der Waals surface area contributed by atoms with Crippen molar-refractivity contribution in [1.29, 1.82) is 0 Å². The molecule has 0 saturated carbocycles. The summed E-state index contributed by atoms with van der Waals surface area (Å²) in [5.74, 6) is -6.20. The van der Waals surface area contributed by atoms with Crippen molar-refractivity contribution in [3.8, 4) is 11.1 Å². The fourth-order valence-corrected chi connectivity index (χ4v) is 6.67. The van der Waals surface area contributed by atoms with Crippen LogP contribution in [-0.4, -0.2) is 92.2 Å². The number of anilines is 1. The van der Waals surface area contributed by atoms with Crippen molar-refractivity contribution in [2.45, 2.75) is 62.1 Å². The zero-order valence-corrected chi connectivity index (χ0v) is 32.2. The van der Waals surface area contributed by atoms with Gasteiger partial charge in [0, 0.05) is 43.8 Å². The SMILES string of the molecule is O=C(O)[C@@H]1Cc2ccc(cc2)NC(=O)[C@H](O)[C@@H](O)C(=O)N[C@H](Cc2cccnc2)C(=O)N[C@@H](Cc2ccc(-c3ccccc3)cc2)C(=O)N[C@H](Cc2ccccc2)C(=O)N1. The van der Waals surface area contributed by atoms with Gasteiger partial charge in [0.2, 0.25) is 17.7 Å². The molecule has 2 bridgehead atoms. The molecule has 2 aliphatic heterocycles. The van der Waals surface area contributed by atoms with E-state index in [1.54, 1.807) is 54.6 Å². The molecule has 15 nitrogen and oxygen atoms in total. The minimum Gasteiger partial charge on any atom is -0.480 e. The lowest BCUT2D eigenvalue weighted by Gasteiger charge is -2.27. The van der Waals surface area contributed by atoms with Crippen molar-refractivity contribution >= 4 is 41.2 Å². The van der Waals surface area contributed by atoms with Crippen LogP contribution < -0.4 is 26.6 Å². The van der Waals surface area contributed by atoms with Gasteiger partial charge in [0.1, 0.15) is 24.2 Å². The lowest BCUT2D eigenvalue weighted by atomic mass is 9.98. The number of nitrogens with zero attached hydrogens (tertiary/aromatic N) is 1. The monoisotopic (exact) mass is 812 g/mol. The molecule has 3 heterocycles. The Kier molecular flexibility index (Phi) is 14.1. The maximum absolute atomic E-state index is 14.4. The van der Waals surface area contributed by atoms with Crippen molar-refractivity contribution in [3.63, 3.8) is 0 Å². The van der Waals surface area contributed by atoms with Gasteiger partial charge in [-0.15, -0.1) is 0 Å². The second-order valence-electron chi connectivity index (χ2n) is 14.4. The highest BCUT2D eigenvalue weighted by molar-refractivity contribution is 6.00. The van der Waals surface area contributed by atoms with Gasteiger partial charge in [-0.1, -0.05) is 103 Å². The molecule has 15 heteroatoms. The van der Waals surface area contributed by atoms with Gasteiger partial charge in [0.05, 0.1) is 0 Å². The topological polar surface area (TPSA) is 236 Å². The van der Waals surface area contributed by atoms with Gasteiger partial charge < -0.3 is 41.9 Å². The maximum atomic E-state index is 14.4.